The van der Waals surface area contributed by atoms with Crippen LogP contribution in [0.4, 0.5) is 0 Å². The maximum atomic E-state index is 11.8. The van der Waals surface area contributed by atoms with E-state index >= 15 is 0 Å². The van der Waals surface area contributed by atoms with Crippen LogP contribution in [0.2, 0.25) is 0 Å². The van der Waals surface area contributed by atoms with Crippen molar-refractivity contribution in [3.8, 4) is 0 Å². The van der Waals surface area contributed by atoms with Crippen LogP contribution in [0.25, 0.3) is 5.65 Å². The van der Waals surface area contributed by atoms with Gasteiger partial charge in [-0.05, 0) is 12.1 Å². The van der Waals surface area contributed by atoms with E-state index in [0.717, 1.165) is 44.1 Å². The van der Waals surface area contributed by atoms with Crippen LogP contribution >= 0.6 is 24.8 Å². The number of nitrogens with zero attached hydrogens (tertiary/aromatic N) is 4. The number of carbonyl (C=O) groups excluding carboxylic acids is 1. The molecule has 0 unspecified atom stereocenters. The Kier molecular flexibility index (Phi) is 7.78. The lowest BCUT2D eigenvalue weighted by Gasteiger charge is -2.34. The van der Waals surface area contributed by atoms with Crippen molar-refractivity contribution < 1.29 is 4.79 Å². The zero-order chi connectivity index (χ0) is 14.7. The number of piperazine rings is 1. The highest BCUT2D eigenvalue weighted by atomic mass is 35.5. The number of fused-ring (bicyclic) bond motifs is 1. The molecule has 2 aromatic rings. The summed E-state index contributed by atoms with van der Waals surface area (Å²) in [4.78, 5) is 20.7. The van der Waals surface area contributed by atoms with Gasteiger partial charge in [-0.2, -0.15) is 0 Å². The Morgan fingerprint density at radius 3 is 2.57 bits per heavy atom. The van der Waals surface area contributed by atoms with Gasteiger partial charge in [0, 0.05) is 58.1 Å². The molecule has 0 spiro atoms. The first-order chi connectivity index (χ1) is 10.3. The van der Waals surface area contributed by atoms with Crippen molar-refractivity contribution in [2.45, 2.75) is 13.0 Å². The Morgan fingerprint density at radius 1 is 1.17 bits per heavy atom. The van der Waals surface area contributed by atoms with E-state index < -0.39 is 0 Å². The van der Waals surface area contributed by atoms with Crippen molar-refractivity contribution in [3.05, 3.63) is 36.3 Å². The second kappa shape index (κ2) is 9.08. The van der Waals surface area contributed by atoms with Crippen LogP contribution in [-0.4, -0.2) is 57.8 Å². The Morgan fingerprint density at radius 2 is 1.91 bits per heavy atom. The van der Waals surface area contributed by atoms with Gasteiger partial charge in [0.25, 0.3) is 0 Å². The molecule has 1 fully saturated rings. The number of aromatic nitrogens is 2. The largest absolute Gasteiger partial charge is 0.340 e. The molecule has 1 saturated heterocycles. The minimum atomic E-state index is 0. The van der Waals surface area contributed by atoms with Gasteiger partial charge < -0.3 is 15.0 Å². The Balaban J connectivity index is 0.00000132. The summed E-state index contributed by atoms with van der Waals surface area (Å²) in [5, 5.41) is 0. The summed E-state index contributed by atoms with van der Waals surface area (Å²) in [6.07, 6.45) is 4.53. The van der Waals surface area contributed by atoms with Gasteiger partial charge in [0.2, 0.25) is 5.91 Å². The van der Waals surface area contributed by atoms with Crippen molar-refractivity contribution >= 4 is 36.4 Å². The Labute approximate surface area is 148 Å². The maximum Gasteiger partial charge on any atom is 0.223 e. The summed E-state index contributed by atoms with van der Waals surface area (Å²) in [5.74, 6) is 0.171. The number of pyridine rings is 1. The fourth-order valence-electron chi connectivity index (χ4n) is 2.73. The Hall–Kier alpha value is -1.34. The van der Waals surface area contributed by atoms with E-state index in [1.807, 2.05) is 33.7 Å². The molecule has 2 aromatic heterocycles. The molecule has 1 amide bonds. The van der Waals surface area contributed by atoms with Gasteiger partial charge in [-0.15, -0.1) is 24.8 Å². The molecular formula is C15H23Cl2N5O. The van der Waals surface area contributed by atoms with E-state index in [4.69, 9.17) is 5.73 Å². The molecule has 128 valence electrons. The molecule has 6 nitrogen and oxygen atoms in total. The molecule has 0 atom stereocenters. The minimum Gasteiger partial charge on any atom is -0.340 e. The number of hydrogen-bond acceptors (Lipinski definition) is 4. The predicted octanol–water partition coefficient (Wildman–Crippen LogP) is 1.17. The molecule has 2 N–H and O–H groups in total. The first-order valence-corrected chi connectivity index (χ1v) is 7.39. The molecule has 0 radical (unpaired) electrons. The molecular weight excluding hydrogens is 337 g/mol. The third-order valence-corrected chi connectivity index (χ3v) is 3.88. The molecule has 1 aliphatic heterocycles. The summed E-state index contributed by atoms with van der Waals surface area (Å²) in [6, 6.07) is 6.00. The van der Waals surface area contributed by atoms with Gasteiger partial charge in [0.15, 0.2) is 0 Å². The van der Waals surface area contributed by atoms with Crippen molar-refractivity contribution in [1.82, 2.24) is 19.2 Å². The topological polar surface area (TPSA) is 66.9 Å². The second-order valence-corrected chi connectivity index (χ2v) is 5.39. The number of amides is 1. The molecule has 23 heavy (non-hydrogen) atoms. The molecule has 3 rings (SSSR count). The quantitative estimate of drug-likeness (QED) is 0.889. The first kappa shape index (κ1) is 19.7. The van der Waals surface area contributed by atoms with Gasteiger partial charge in [0.05, 0.1) is 5.69 Å². The number of imidazole rings is 1. The highest BCUT2D eigenvalue weighted by Crippen LogP contribution is 2.10. The first-order valence-electron chi connectivity index (χ1n) is 7.39. The van der Waals surface area contributed by atoms with Crippen LogP contribution in [0.3, 0.4) is 0 Å². The van der Waals surface area contributed by atoms with Crippen molar-refractivity contribution in [2.24, 2.45) is 5.73 Å². The van der Waals surface area contributed by atoms with Gasteiger partial charge in [-0.3, -0.25) is 9.69 Å². The van der Waals surface area contributed by atoms with E-state index in [0.29, 0.717) is 13.0 Å². The van der Waals surface area contributed by atoms with E-state index in [1.54, 1.807) is 0 Å². The van der Waals surface area contributed by atoms with Crippen LogP contribution in [0, 0.1) is 0 Å². The number of halogens is 2. The van der Waals surface area contributed by atoms with E-state index in [1.165, 1.54) is 0 Å². The number of rotatable bonds is 4. The fraction of sp³-hybridized carbons (Fsp3) is 0.467. The van der Waals surface area contributed by atoms with E-state index in [9.17, 15) is 4.79 Å². The highest BCUT2D eigenvalue weighted by Gasteiger charge is 2.20. The second-order valence-electron chi connectivity index (χ2n) is 5.39. The van der Waals surface area contributed by atoms with Crippen molar-refractivity contribution in [2.75, 3.05) is 32.7 Å². The maximum absolute atomic E-state index is 11.8. The normalized spacial score (nSPS) is 15.1. The third kappa shape index (κ3) is 4.81. The minimum absolute atomic E-state index is 0. The van der Waals surface area contributed by atoms with Crippen molar-refractivity contribution in [3.63, 3.8) is 0 Å². The number of nitrogens with two attached hydrogens (primary N) is 1. The Bertz CT molecular complexity index is 592. The van der Waals surface area contributed by atoms with Gasteiger partial charge in [0.1, 0.15) is 5.65 Å². The van der Waals surface area contributed by atoms with Crippen LogP contribution in [-0.2, 0) is 11.3 Å². The molecule has 0 aromatic carbocycles. The zero-order valence-electron chi connectivity index (χ0n) is 12.9. The van der Waals surface area contributed by atoms with Gasteiger partial charge in [-0.25, -0.2) is 4.98 Å². The van der Waals surface area contributed by atoms with Crippen LogP contribution in [0.15, 0.2) is 30.6 Å². The summed E-state index contributed by atoms with van der Waals surface area (Å²) >= 11 is 0. The summed E-state index contributed by atoms with van der Waals surface area (Å²) in [7, 11) is 0. The monoisotopic (exact) mass is 359 g/mol. The zero-order valence-corrected chi connectivity index (χ0v) is 14.6. The van der Waals surface area contributed by atoms with Crippen molar-refractivity contribution in [1.29, 1.82) is 0 Å². The molecule has 0 aliphatic carbocycles. The molecule has 1 aliphatic rings. The summed E-state index contributed by atoms with van der Waals surface area (Å²) in [6.45, 7) is 4.62. The lowest BCUT2D eigenvalue weighted by atomic mass is 10.2. The average molecular weight is 360 g/mol. The lowest BCUT2D eigenvalue weighted by Crippen LogP contribution is -2.48. The fourth-order valence-corrected chi connectivity index (χ4v) is 2.73. The van der Waals surface area contributed by atoms with Crippen LogP contribution in [0.1, 0.15) is 12.1 Å². The molecule has 0 saturated carbocycles. The molecule has 8 heteroatoms. The SMILES string of the molecule is Cl.Cl.NCCC(=O)N1CCN(Cc2cn3ccccc3n2)CC1. The van der Waals surface area contributed by atoms with E-state index in [2.05, 4.69) is 16.1 Å². The van der Waals surface area contributed by atoms with Crippen LogP contribution in [0.5, 0.6) is 0 Å². The van der Waals surface area contributed by atoms with Crippen LogP contribution < -0.4 is 5.73 Å². The number of hydrogen-bond donors (Lipinski definition) is 1. The lowest BCUT2D eigenvalue weighted by molar-refractivity contribution is -0.132. The third-order valence-electron chi connectivity index (χ3n) is 3.88. The average Bonchev–Trinajstić information content (AvgIpc) is 2.90. The van der Waals surface area contributed by atoms with Gasteiger partial charge >= 0.3 is 0 Å². The molecule has 0 bridgehead atoms. The van der Waals surface area contributed by atoms with Gasteiger partial charge in [-0.1, -0.05) is 6.07 Å². The standard InChI is InChI=1S/C15H21N5O.2ClH/c16-5-4-15(21)19-9-7-18(8-10-19)11-13-12-20-6-2-1-3-14(20)17-13;;/h1-3,6,12H,4-5,7-11,16H2;2*1H. The number of carbonyl (C=O) groups is 1. The summed E-state index contributed by atoms with van der Waals surface area (Å²) in [5.41, 5.74) is 7.48. The highest BCUT2D eigenvalue weighted by molar-refractivity contribution is 5.85. The molecule has 3 heterocycles. The van der Waals surface area contributed by atoms with E-state index in [-0.39, 0.29) is 30.7 Å². The smallest absolute Gasteiger partial charge is 0.223 e. The predicted molar refractivity (Wildman–Crippen MR) is 95.2 cm³/mol. The summed E-state index contributed by atoms with van der Waals surface area (Å²) < 4.78 is 2.04.